The minimum atomic E-state index is -0.687. The number of nitrogens with zero attached hydrogens (tertiary/aromatic N) is 5. The molecule has 0 spiro atoms. The predicted molar refractivity (Wildman–Crippen MR) is 106 cm³/mol. The first-order valence-corrected chi connectivity index (χ1v) is 9.43. The highest BCUT2D eigenvalue weighted by Crippen LogP contribution is 2.20. The van der Waals surface area contributed by atoms with E-state index < -0.39 is 12.1 Å². The van der Waals surface area contributed by atoms with Crippen LogP contribution < -0.4 is 10.2 Å². The van der Waals surface area contributed by atoms with Crippen LogP contribution in [0.4, 0.5) is 5.82 Å². The van der Waals surface area contributed by atoms with Crippen LogP contribution in [-0.2, 0) is 0 Å². The van der Waals surface area contributed by atoms with E-state index in [0.29, 0.717) is 30.5 Å². The van der Waals surface area contributed by atoms with E-state index in [0.717, 1.165) is 11.2 Å². The van der Waals surface area contributed by atoms with Crippen molar-refractivity contribution in [2.24, 2.45) is 0 Å². The van der Waals surface area contributed by atoms with Crippen molar-refractivity contribution in [3.8, 4) is 0 Å². The van der Waals surface area contributed by atoms with Gasteiger partial charge in [-0.2, -0.15) is 5.10 Å². The molecule has 3 aromatic heterocycles. The summed E-state index contributed by atoms with van der Waals surface area (Å²) in [6, 6.07) is 7.27. The molecule has 8 nitrogen and oxygen atoms in total. The van der Waals surface area contributed by atoms with Crippen LogP contribution in [-0.4, -0.2) is 55.8 Å². The number of pyridine rings is 1. The van der Waals surface area contributed by atoms with Crippen LogP contribution in [0.2, 0.25) is 0 Å². The minimum Gasteiger partial charge on any atom is -0.389 e. The van der Waals surface area contributed by atoms with Crippen molar-refractivity contribution in [3.63, 3.8) is 0 Å². The number of hydrogen-bond acceptors (Lipinski definition) is 6. The maximum atomic E-state index is 12.8. The Balaban J connectivity index is 1.49. The van der Waals surface area contributed by atoms with Crippen LogP contribution in [0.25, 0.3) is 5.52 Å². The third kappa shape index (κ3) is 3.43. The molecule has 1 saturated heterocycles. The van der Waals surface area contributed by atoms with Gasteiger partial charge in [-0.25, -0.2) is 4.98 Å². The topological polar surface area (TPSA) is 95.7 Å². The fourth-order valence-corrected chi connectivity index (χ4v) is 3.45. The number of anilines is 1. The molecular formula is C20H24N6O2. The largest absolute Gasteiger partial charge is 0.389 e. The third-order valence-electron chi connectivity index (χ3n) is 5.15. The number of aliphatic hydroxyl groups excluding tert-OH is 1. The molecule has 146 valence electrons. The Bertz CT molecular complexity index is 998. The number of aromatic nitrogens is 4. The summed E-state index contributed by atoms with van der Waals surface area (Å²) in [5.74, 6) is 0.796. The molecule has 0 bridgehead atoms. The zero-order valence-corrected chi connectivity index (χ0v) is 16.2. The molecule has 2 N–H and O–H groups in total. The quantitative estimate of drug-likeness (QED) is 0.713. The number of carbonyl (C=O) groups is 1. The van der Waals surface area contributed by atoms with Gasteiger partial charge in [0.05, 0.1) is 23.4 Å². The summed E-state index contributed by atoms with van der Waals surface area (Å²) in [6.07, 6.45) is 2.95. The molecule has 0 aliphatic carbocycles. The van der Waals surface area contributed by atoms with Gasteiger partial charge in [0.15, 0.2) is 11.5 Å². The molecule has 3 aromatic rings. The van der Waals surface area contributed by atoms with E-state index >= 15 is 0 Å². The minimum absolute atomic E-state index is 0.291. The molecule has 1 fully saturated rings. The van der Waals surface area contributed by atoms with Crippen LogP contribution in [0.5, 0.6) is 0 Å². The monoisotopic (exact) mass is 380 g/mol. The number of fused-ring (bicyclic) bond motifs is 1. The highest BCUT2D eigenvalue weighted by Gasteiger charge is 2.34. The van der Waals surface area contributed by atoms with E-state index in [4.69, 9.17) is 0 Å². The van der Waals surface area contributed by atoms with Crippen molar-refractivity contribution in [1.82, 2.24) is 24.9 Å². The summed E-state index contributed by atoms with van der Waals surface area (Å²) in [5.41, 5.74) is 3.12. The first-order valence-electron chi connectivity index (χ1n) is 9.43. The number of amides is 1. The van der Waals surface area contributed by atoms with Crippen molar-refractivity contribution in [2.45, 2.75) is 38.8 Å². The molecule has 0 radical (unpaired) electrons. The number of aryl methyl sites for hydroxylation is 1. The molecule has 4 rings (SSSR count). The van der Waals surface area contributed by atoms with Crippen LogP contribution in [0, 0.1) is 6.92 Å². The average Bonchev–Trinajstić information content (AvgIpc) is 3.25. The highest BCUT2D eigenvalue weighted by molar-refractivity contribution is 5.99. The summed E-state index contributed by atoms with van der Waals surface area (Å²) >= 11 is 0. The van der Waals surface area contributed by atoms with Gasteiger partial charge in [-0.3, -0.25) is 4.79 Å². The van der Waals surface area contributed by atoms with Gasteiger partial charge < -0.3 is 19.7 Å². The van der Waals surface area contributed by atoms with E-state index in [-0.39, 0.29) is 5.91 Å². The third-order valence-corrected chi connectivity index (χ3v) is 5.15. The Morgan fingerprint density at radius 2 is 2.04 bits per heavy atom. The van der Waals surface area contributed by atoms with Gasteiger partial charge in [-0.1, -0.05) is 19.9 Å². The SMILES string of the molecule is Cc1ccc(N2C[C@H](O)[C@H](NC(=O)c3ncn4cc(C(C)C)ccc34)C2)nn1. The van der Waals surface area contributed by atoms with Crippen LogP contribution in [0.3, 0.4) is 0 Å². The lowest BCUT2D eigenvalue weighted by Gasteiger charge is -2.17. The van der Waals surface area contributed by atoms with Crippen molar-refractivity contribution in [3.05, 3.63) is 53.7 Å². The lowest BCUT2D eigenvalue weighted by molar-refractivity contribution is 0.0886. The lowest BCUT2D eigenvalue weighted by atomic mass is 10.1. The second kappa shape index (κ2) is 7.20. The molecule has 28 heavy (non-hydrogen) atoms. The summed E-state index contributed by atoms with van der Waals surface area (Å²) in [6.45, 7) is 6.98. The van der Waals surface area contributed by atoms with Gasteiger partial charge in [0.2, 0.25) is 0 Å². The number of carbonyl (C=O) groups excluding carboxylic acids is 1. The Labute approximate surface area is 163 Å². The van der Waals surface area contributed by atoms with Crippen molar-refractivity contribution >= 4 is 17.2 Å². The summed E-state index contributed by atoms with van der Waals surface area (Å²) in [7, 11) is 0. The Morgan fingerprint density at radius 1 is 1.21 bits per heavy atom. The Kier molecular flexibility index (Phi) is 4.72. The van der Waals surface area contributed by atoms with Gasteiger partial charge in [0.1, 0.15) is 6.33 Å². The molecule has 8 heteroatoms. The van der Waals surface area contributed by atoms with Crippen molar-refractivity contribution < 1.29 is 9.90 Å². The van der Waals surface area contributed by atoms with Gasteiger partial charge in [-0.15, -0.1) is 5.10 Å². The fraction of sp³-hybridized carbons (Fsp3) is 0.400. The molecule has 1 amide bonds. The van der Waals surface area contributed by atoms with Crippen LogP contribution in [0.1, 0.15) is 41.5 Å². The zero-order valence-electron chi connectivity index (χ0n) is 16.2. The molecule has 0 saturated carbocycles. The first kappa shape index (κ1) is 18.4. The van der Waals surface area contributed by atoms with E-state index in [1.54, 1.807) is 6.33 Å². The second-order valence-electron chi connectivity index (χ2n) is 7.59. The van der Waals surface area contributed by atoms with E-state index in [1.807, 2.05) is 46.7 Å². The maximum Gasteiger partial charge on any atom is 0.272 e. The molecule has 2 atom stereocenters. The van der Waals surface area contributed by atoms with Crippen LogP contribution >= 0.6 is 0 Å². The van der Waals surface area contributed by atoms with E-state index in [1.165, 1.54) is 5.56 Å². The zero-order chi connectivity index (χ0) is 19.8. The lowest BCUT2D eigenvalue weighted by Crippen LogP contribution is -2.43. The van der Waals surface area contributed by atoms with Gasteiger partial charge >= 0.3 is 0 Å². The number of imidazole rings is 1. The standard InChI is InChI=1S/C20H24N6O2/c1-12(2)14-5-6-16-19(21-11-26(16)8-14)20(28)22-15-9-25(10-17(15)27)18-7-4-13(3)23-24-18/h4-8,11-12,15,17,27H,9-10H2,1-3H3,(H,22,28)/t15-,17+/m1/s1. The fourth-order valence-electron chi connectivity index (χ4n) is 3.45. The van der Waals surface area contributed by atoms with Crippen molar-refractivity contribution in [1.29, 1.82) is 0 Å². The van der Waals surface area contributed by atoms with Gasteiger partial charge in [0.25, 0.3) is 5.91 Å². The second-order valence-corrected chi connectivity index (χ2v) is 7.59. The van der Waals surface area contributed by atoms with Crippen molar-refractivity contribution in [2.75, 3.05) is 18.0 Å². The van der Waals surface area contributed by atoms with Gasteiger partial charge in [-0.05, 0) is 36.6 Å². The Morgan fingerprint density at radius 3 is 2.75 bits per heavy atom. The summed E-state index contributed by atoms with van der Waals surface area (Å²) in [5, 5.41) is 21.5. The average molecular weight is 380 g/mol. The number of β-amino-alcohol motifs (C(OH)–C–C–N with tert-alkyl or cyclic N) is 1. The number of aliphatic hydroxyl groups is 1. The molecule has 4 heterocycles. The molecule has 0 unspecified atom stereocenters. The van der Waals surface area contributed by atoms with E-state index in [2.05, 4.69) is 34.3 Å². The smallest absolute Gasteiger partial charge is 0.272 e. The number of rotatable bonds is 4. The number of hydrogen-bond donors (Lipinski definition) is 2. The molecule has 0 aromatic carbocycles. The molecule has 1 aliphatic heterocycles. The van der Waals surface area contributed by atoms with Crippen LogP contribution in [0.15, 0.2) is 36.8 Å². The normalized spacial score (nSPS) is 19.5. The summed E-state index contributed by atoms with van der Waals surface area (Å²) in [4.78, 5) is 19.0. The van der Waals surface area contributed by atoms with E-state index in [9.17, 15) is 9.90 Å². The number of nitrogens with one attached hydrogen (secondary N) is 1. The summed E-state index contributed by atoms with van der Waals surface area (Å²) < 4.78 is 1.86. The maximum absolute atomic E-state index is 12.8. The van der Waals surface area contributed by atoms with Gasteiger partial charge in [0, 0.05) is 19.3 Å². The molecular weight excluding hydrogens is 356 g/mol. The molecule has 1 aliphatic rings. The predicted octanol–water partition coefficient (Wildman–Crippen LogP) is 1.54. The Hall–Kier alpha value is -3.00. The highest BCUT2D eigenvalue weighted by atomic mass is 16.3. The first-order chi connectivity index (χ1) is 13.4.